The first-order valence-electron chi connectivity index (χ1n) is 10.1. The van der Waals surface area contributed by atoms with Gasteiger partial charge in [0.15, 0.2) is 0 Å². The molecule has 0 radical (unpaired) electrons. The van der Waals surface area contributed by atoms with Crippen molar-refractivity contribution in [2.75, 3.05) is 38.4 Å². The number of likely N-dealkylation sites (tertiary alicyclic amines) is 1. The maximum absolute atomic E-state index is 12.6. The van der Waals surface area contributed by atoms with Crippen molar-refractivity contribution in [2.45, 2.75) is 50.0 Å². The lowest BCUT2D eigenvalue weighted by atomic mass is 9.75. The second-order valence-corrected chi connectivity index (χ2v) is 8.54. The summed E-state index contributed by atoms with van der Waals surface area (Å²) in [6.07, 6.45) is 7.91. The van der Waals surface area contributed by atoms with Gasteiger partial charge in [-0.15, -0.1) is 11.8 Å². The van der Waals surface area contributed by atoms with E-state index in [0.717, 1.165) is 11.9 Å². The molecule has 1 fully saturated rings. The van der Waals surface area contributed by atoms with Gasteiger partial charge in [0.25, 0.3) is 0 Å². The van der Waals surface area contributed by atoms with Gasteiger partial charge < -0.3 is 9.80 Å². The molecule has 5 nitrogen and oxygen atoms in total. The average Bonchev–Trinajstić information content (AvgIpc) is 3.02. The summed E-state index contributed by atoms with van der Waals surface area (Å²) in [4.78, 5) is 18.4. The van der Waals surface area contributed by atoms with Gasteiger partial charge in [-0.2, -0.15) is 0 Å². The monoisotopic (exact) mass is 386 g/mol. The maximum atomic E-state index is 12.6. The second kappa shape index (κ2) is 7.40. The fraction of sp³-hybridized carbons (Fsp3) is 0.571. The normalized spacial score (nSPS) is 21.9. The highest BCUT2D eigenvalue weighted by atomic mass is 32.2. The summed E-state index contributed by atoms with van der Waals surface area (Å²) in [6.45, 7) is 6.64. The number of fused-ring (bicyclic) bond motifs is 2. The van der Waals surface area contributed by atoms with Gasteiger partial charge in [-0.05, 0) is 76.2 Å². The molecule has 146 valence electrons. The summed E-state index contributed by atoms with van der Waals surface area (Å²) < 4.78 is 1.95. The van der Waals surface area contributed by atoms with Crippen molar-refractivity contribution < 1.29 is 4.79 Å². The van der Waals surface area contributed by atoms with Crippen molar-refractivity contribution in [1.29, 1.82) is 0 Å². The Morgan fingerprint density at radius 1 is 1.33 bits per heavy atom. The van der Waals surface area contributed by atoms with Crippen LogP contribution in [0.4, 0.5) is 4.79 Å². The number of carbonyl (C=O) groups excluding carboxylic acids is 1. The van der Waals surface area contributed by atoms with E-state index in [1.54, 1.807) is 0 Å². The molecule has 1 aromatic carbocycles. The first-order chi connectivity index (χ1) is 13.1. The molecule has 0 unspecified atom stereocenters. The number of thioether (sulfide) groups is 1. The van der Waals surface area contributed by atoms with Crippen LogP contribution >= 0.6 is 11.8 Å². The molecule has 1 N–H and O–H groups in total. The molecule has 1 aliphatic heterocycles. The molecule has 1 saturated heterocycles. The topological polar surface area (TPSA) is 40.5 Å². The van der Waals surface area contributed by atoms with Gasteiger partial charge >= 0.3 is 6.03 Å². The van der Waals surface area contributed by atoms with E-state index in [-0.39, 0.29) is 6.03 Å². The van der Waals surface area contributed by atoms with Crippen molar-refractivity contribution in [1.82, 2.24) is 14.5 Å². The Morgan fingerprint density at radius 3 is 2.81 bits per heavy atom. The Bertz CT molecular complexity index is 857. The number of rotatable bonds is 4. The number of likely N-dealkylation sites (N-methyl/N-ethyl adjacent to an activating group) is 1. The number of amides is 2. The molecule has 6 heteroatoms. The van der Waals surface area contributed by atoms with E-state index in [2.05, 4.69) is 42.0 Å². The third-order valence-corrected chi connectivity index (χ3v) is 7.19. The fourth-order valence-corrected chi connectivity index (χ4v) is 5.66. The first kappa shape index (κ1) is 18.7. The van der Waals surface area contributed by atoms with Crippen LogP contribution in [-0.2, 0) is 6.42 Å². The van der Waals surface area contributed by atoms with Gasteiger partial charge in [-0.1, -0.05) is 0 Å². The van der Waals surface area contributed by atoms with Crippen LogP contribution in [-0.4, -0.2) is 59.5 Å². The number of benzene rings is 1. The fourth-order valence-electron chi connectivity index (χ4n) is 4.98. The number of carbonyl (C=O) groups is 1. The van der Waals surface area contributed by atoms with Crippen molar-refractivity contribution in [3.8, 4) is 0 Å². The number of aromatic nitrogens is 1. The van der Waals surface area contributed by atoms with Crippen LogP contribution in [0.3, 0.4) is 0 Å². The molecule has 0 saturated carbocycles. The largest absolute Gasteiger partial charge is 0.336 e. The van der Waals surface area contributed by atoms with Crippen molar-refractivity contribution in [3.63, 3.8) is 0 Å². The summed E-state index contributed by atoms with van der Waals surface area (Å²) in [6, 6.07) is 4.94. The quantitative estimate of drug-likeness (QED) is 0.804. The lowest BCUT2D eigenvalue weighted by molar-refractivity contribution is 0.156. The predicted molar refractivity (Wildman–Crippen MR) is 113 cm³/mol. The van der Waals surface area contributed by atoms with E-state index in [4.69, 9.17) is 0 Å². The maximum Gasteiger partial charge on any atom is 0.336 e. The zero-order valence-electron chi connectivity index (χ0n) is 16.8. The molecule has 2 atom stereocenters. The molecule has 1 aromatic heterocycles. The summed E-state index contributed by atoms with van der Waals surface area (Å²) in [7, 11) is 2.26. The van der Waals surface area contributed by atoms with E-state index >= 15 is 0 Å². The Labute approximate surface area is 166 Å². The third kappa shape index (κ3) is 3.03. The molecule has 2 amide bonds. The molecule has 2 aromatic rings. The zero-order chi connectivity index (χ0) is 19.1. The van der Waals surface area contributed by atoms with Crippen LogP contribution in [0.25, 0.3) is 10.9 Å². The van der Waals surface area contributed by atoms with Crippen LogP contribution in [0.15, 0.2) is 23.2 Å². The minimum absolute atomic E-state index is 0.0345. The molecule has 27 heavy (non-hydrogen) atoms. The summed E-state index contributed by atoms with van der Waals surface area (Å²) in [5.41, 5.74) is 7.11. The van der Waals surface area contributed by atoms with Crippen LogP contribution in [0, 0.1) is 0 Å². The van der Waals surface area contributed by atoms with Crippen LogP contribution in [0.2, 0.25) is 0 Å². The molecular formula is C21H30N4OS. The van der Waals surface area contributed by atoms with Crippen molar-refractivity contribution >= 4 is 28.7 Å². The van der Waals surface area contributed by atoms with Crippen LogP contribution in [0.1, 0.15) is 43.7 Å². The number of hydrogen-bond acceptors (Lipinski definition) is 3. The highest BCUT2D eigenvalue weighted by Gasteiger charge is 2.38. The smallest absolute Gasteiger partial charge is 0.324 e. The van der Waals surface area contributed by atoms with Gasteiger partial charge in [0.05, 0.1) is 5.52 Å². The van der Waals surface area contributed by atoms with Gasteiger partial charge in [0.2, 0.25) is 0 Å². The number of urea groups is 1. The third-order valence-electron chi connectivity index (χ3n) is 6.39. The highest BCUT2D eigenvalue weighted by Crippen LogP contribution is 2.47. The molecule has 2 heterocycles. The Morgan fingerprint density at radius 2 is 2.11 bits per heavy atom. The predicted octanol–water partition coefficient (Wildman–Crippen LogP) is 4.10. The Kier molecular flexibility index (Phi) is 5.12. The van der Waals surface area contributed by atoms with Gasteiger partial charge in [-0.3, -0.25) is 4.68 Å². The SMILES string of the molecule is CCN(CC)C(=O)Nn1cc2c3c(c(SC)ccc31)[C@H]1CCCN(C)[C@@H]1C2. The van der Waals surface area contributed by atoms with Crippen LogP contribution < -0.4 is 5.43 Å². The van der Waals surface area contributed by atoms with E-state index < -0.39 is 0 Å². The molecule has 1 aliphatic carbocycles. The standard InChI is InChI=1S/C21H30N4OS/c1-5-24(6-2)21(26)22-25-13-14-12-17-15(8-7-11-23(17)3)20-18(27-4)10-9-16(25)19(14)20/h9-10,13,15,17H,5-8,11-12H2,1-4H3,(H,22,26)/t15-,17+/m0/s1. The lowest BCUT2D eigenvalue weighted by Crippen LogP contribution is -2.44. The zero-order valence-corrected chi connectivity index (χ0v) is 17.6. The number of hydrogen-bond donors (Lipinski definition) is 1. The number of nitrogens with one attached hydrogen (secondary N) is 1. The van der Waals surface area contributed by atoms with Gasteiger partial charge in [0.1, 0.15) is 0 Å². The number of piperidine rings is 1. The minimum Gasteiger partial charge on any atom is -0.324 e. The summed E-state index contributed by atoms with van der Waals surface area (Å²) >= 11 is 1.85. The minimum atomic E-state index is -0.0345. The second-order valence-electron chi connectivity index (χ2n) is 7.69. The summed E-state index contributed by atoms with van der Waals surface area (Å²) in [5.74, 6) is 0.594. The molecule has 0 spiro atoms. The molecular weight excluding hydrogens is 356 g/mol. The van der Waals surface area contributed by atoms with Gasteiger partial charge in [-0.25, -0.2) is 10.2 Å². The van der Waals surface area contributed by atoms with Crippen molar-refractivity contribution in [3.05, 3.63) is 29.5 Å². The van der Waals surface area contributed by atoms with E-state index in [9.17, 15) is 4.79 Å². The molecule has 0 bridgehead atoms. The highest BCUT2D eigenvalue weighted by molar-refractivity contribution is 7.98. The molecule has 4 rings (SSSR count). The first-order valence-corrected chi connectivity index (χ1v) is 11.3. The average molecular weight is 387 g/mol. The summed E-state index contributed by atoms with van der Waals surface area (Å²) in [5, 5.41) is 1.37. The van der Waals surface area contributed by atoms with E-state index in [1.165, 1.54) is 40.8 Å². The lowest BCUT2D eigenvalue weighted by Gasteiger charge is -2.42. The van der Waals surface area contributed by atoms with E-state index in [0.29, 0.717) is 25.0 Å². The Balaban J connectivity index is 1.81. The number of nitrogens with zero attached hydrogens (tertiary/aromatic N) is 3. The van der Waals surface area contributed by atoms with Crippen LogP contribution in [0.5, 0.6) is 0 Å². The van der Waals surface area contributed by atoms with Crippen molar-refractivity contribution in [2.24, 2.45) is 0 Å². The van der Waals surface area contributed by atoms with Gasteiger partial charge in [0, 0.05) is 41.5 Å². The Hall–Kier alpha value is -1.66. The van der Waals surface area contributed by atoms with E-state index in [1.807, 2.05) is 35.2 Å². The molecule has 2 aliphatic rings.